The van der Waals surface area contributed by atoms with Gasteiger partial charge in [-0.15, -0.1) is 0 Å². The summed E-state index contributed by atoms with van der Waals surface area (Å²) in [6.07, 6.45) is 0. The second-order valence-corrected chi connectivity index (χ2v) is 6.78. The molecule has 0 radical (unpaired) electrons. The molecule has 0 N–H and O–H groups in total. The van der Waals surface area contributed by atoms with E-state index in [9.17, 15) is 14.0 Å². The fourth-order valence-corrected chi connectivity index (χ4v) is 3.56. The van der Waals surface area contributed by atoms with Crippen LogP contribution >= 0.6 is 0 Å². The molecule has 2 heterocycles. The predicted octanol–water partition coefficient (Wildman–Crippen LogP) is 2.36. The summed E-state index contributed by atoms with van der Waals surface area (Å²) >= 11 is 0. The van der Waals surface area contributed by atoms with Gasteiger partial charge >= 0.3 is 0 Å². The van der Waals surface area contributed by atoms with Crippen LogP contribution in [0.15, 0.2) is 60.3 Å². The van der Waals surface area contributed by atoms with E-state index in [4.69, 9.17) is 0 Å². The third-order valence-corrected chi connectivity index (χ3v) is 5.03. The van der Waals surface area contributed by atoms with Gasteiger partial charge in [0.25, 0.3) is 11.8 Å². The maximum Gasteiger partial charge on any atom is 0.282 e. The number of para-hydroxylation sites is 1. The second kappa shape index (κ2) is 6.96. The average molecular weight is 365 g/mol. The highest BCUT2D eigenvalue weighted by molar-refractivity contribution is 6.45. The molecule has 5 nitrogen and oxygen atoms in total. The van der Waals surface area contributed by atoms with Gasteiger partial charge in [-0.05, 0) is 24.7 Å². The van der Waals surface area contributed by atoms with Gasteiger partial charge in [0.05, 0.1) is 11.3 Å². The number of hydrogen-bond acceptors (Lipinski definition) is 4. The van der Waals surface area contributed by atoms with Gasteiger partial charge in [-0.1, -0.05) is 42.5 Å². The van der Waals surface area contributed by atoms with Crippen molar-refractivity contribution in [1.82, 2.24) is 9.80 Å². The summed E-state index contributed by atoms with van der Waals surface area (Å²) < 4.78 is 14.4. The van der Waals surface area contributed by atoms with E-state index in [-0.39, 0.29) is 5.69 Å². The number of rotatable bonds is 3. The van der Waals surface area contributed by atoms with Crippen molar-refractivity contribution >= 4 is 23.1 Å². The molecule has 0 aliphatic carbocycles. The minimum Gasteiger partial charge on any atom is -0.364 e. The van der Waals surface area contributed by atoms with E-state index in [1.807, 2.05) is 30.1 Å². The molecule has 4 rings (SSSR count). The highest BCUT2D eigenvalue weighted by atomic mass is 19.1. The van der Waals surface area contributed by atoms with Crippen molar-refractivity contribution in [2.75, 3.05) is 38.1 Å². The molecular weight excluding hydrogens is 345 g/mol. The van der Waals surface area contributed by atoms with Crippen molar-refractivity contribution in [3.8, 4) is 0 Å². The summed E-state index contributed by atoms with van der Waals surface area (Å²) in [5, 5.41) is 0. The number of hydrogen-bond donors (Lipinski definition) is 0. The first-order valence-corrected chi connectivity index (χ1v) is 8.94. The van der Waals surface area contributed by atoms with Gasteiger partial charge in [-0.2, -0.15) is 0 Å². The number of halogens is 1. The maximum atomic E-state index is 14.4. The number of likely N-dealkylation sites (N-methyl/N-ethyl adjacent to an activating group) is 1. The number of anilines is 1. The van der Waals surface area contributed by atoms with Crippen LogP contribution in [-0.4, -0.2) is 54.8 Å². The molecule has 2 aliphatic heterocycles. The third-order valence-electron chi connectivity index (χ3n) is 5.03. The fraction of sp³-hybridized carbons (Fsp3) is 0.238. The summed E-state index contributed by atoms with van der Waals surface area (Å²) in [5.74, 6) is -1.54. The van der Waals surface area contributed by atoms with Crippen LogP contribution in [0.1, 0.15) is 5.56 Å². The van der Waals surface area contributed by atoms with E-state index in [0.29, 0.717) is 29.9 Å². The van der Waals surface area contributed by atoms with Gasteiger partial charge in [0.1, 0.15) is 11.5 Å². The number of amides is 2. The first kappa shape index (κ1) is 17.4. The van der Waals surface area contributed by atoms with Crippen molar-refractivity contribution in [3.05, 3.63) is 71.7 Å². The van der Waals surface area contributed by atoms with Gasteiger partial charge < -0.3 is 9.80 Å². The zero-order valence-corrected chi connectivity index (χ0v) is 15.1. The smallest absolute Gasteiger partial charge is 0.282 e. The molecule has 2 aromatic carbocycles. The lowest BCUT2D eigenvalue weighted by atomic mass is 10.0. The van der Waals surface area contributed by atoms with Crippen molar-refractivity contribution in [1.29, 1.82) is 0 Å². The maximum absolute atomic E-state index is 14.4. The molecule has 0 saturated carbocycles. The van der Waals surface area contributed by atoms with Crippen LogP contribution in [0.2, 0.25) is 0 Å². The molecule has 0 spiro atoms. The van der Waals surface area contributed by atoms with Gasteiger partial charge in [0.15, 0.2) is 0 Å². The molecule has 0 aromatic heterocycles. The van der Waals surface area contributed by atoms with E-state index in [0.717, 1.165) is 18.0 Å². The second-order valence-electron chi connectivity index (χ2n) is 6.78. The quantitative estimate of drug-likeness (QED) is 0.784. The third kappa shape index (κ3) is 3.02. The van der Waals surface area contributed by atoms with Crippen molar-refractivity contribution in [2.45, 2.75) is 0 Å². The molecular formula is C21H20FN3O2. The molecule has 138 valence electrons. The van der Waals surface area contributed by atoms with E-state index < -0.39 is 17.6 Å². The number of imide groups is 1. The van der Waals surface area contributed by atoms with Crippen molar-refractivity contribution in [2.24, 2.45) is 0 Å². The Bertz CT molecular complexity index is 918. The summed E-state index contributed by atoms with van der Waals surface area (Å²) in [7, 11) is 2.02. The Morgan fingerprint density at radius 2 is 1.44 bits per heavy atom. The van der Waals surface area contributed by atoms with E-state index in [2.05, 4.69) is 4.90 Å². The Labute approximate surface area is 157 Å². The first-order chi connectivity index (χ1) is 13.1. The highest BCUT2D eigenvalue weighted by Gasteiger charge is 2.43. The number of benzene rings is 2. The van der Waals surface area contributed by atoms with Crippen LogP contribution in [0.5, 0.6) is 0 Å². The predicted molar refractivity (Wildman–Crippen MR) is 101 cm³/mol. The molecule has 27 heavy (non-hydrogen) atoms. The molecule has 0 unspecified atom stereocenters. The molecule has 1 saturated heterocycles. The minimum atomic E-state index is -0.591. The standard InChI is InChI=1S/C21H20FN3O2/c1-23-11-13-24(14-12-23)19-18(15-7-3-2-4-8-15)20(26)25(21(19)27)17-10-6-5-9-16(17)22/h2-10H,11-14H2,1H3. The number of nitrogens with zero attached hydrogens (tertiary/aromatic N) is 3. The summed E-state index contributed by atoms with van der Waals surface area (Å²) in [6.45, 7) is 2.89. The van der Waals surface area contributed by atoms with Gasteiger partial charge in [0, 0.05) is 26.2 Å². The molecule has 2 aromatic rings. The van der Waals surface area contributed by atoms with Crippen LogP contribution < -0.4 is 4.90 Å². The lowest BCUT2D eigenvalue weighted by Gasteiger charge is -2.34. The molecule has 6 heteroatoms. The van der Waals surface area contributed by atoms with Crippen LogP contribution in [0.4, 0.5) is 10.1 Å². The summed E-state index contributed by atoms with van der Waals surface area (Å²) in [6, 6.07) is 15.0. The summed E-state index contributed by atoms with van der Waals surface area (Å²) in [4.78, 5) is 31.6. The highest BCUT2D eigenvalue weighted by Crippen LogP contribution is 2.35. The Balaban J connectivity index is 1.82. The lowest BCUT2D eigenvalue weighted by Crippen LogP contribution is -2.46. The Morgan fingerprint density at radius 1 is 0.815 bits per heavy atom. The van der Waals surface area contributed by atoms with E-state index in [1.54, 1.807) is 18.2 Å². The lowest BCUT2D eigenvalue weighted by molar-refractivity contribution is -0.120. The topological polar surface area (TPSA) is 43.9 Å². The average Bonchev–Trinajstić information content (AvgIpc) is 2.94. The molecule has 0 bridgehead atoms. The largest absolute Gasteiger partial charge is 0.364 e. The Kier molecular flexibility index (Phi) is 4.49. The molecule has 2 aliphatic rings. The Morgan fingerprint density at radius 3 is 2.11 bits per heavy atom. The van der Waals surface area contributed by atoms with Gasteiger partial charge in [-0.3, -0.25) is 9.59 Å². The number of carbonyl (C=O) groups is 2. The molecule has 1 fully saturated rings. The van der Waals surface area contributed by atoms with Crippen LogP contribution in [0.3, 0.4) is 0 Å². The van der Waals surface area contributed by atoms with Gasteiger partial charge in [-0.25, -0.2) is 9.29 Å². The number of carbonyl (C=O) groups excluding carboxylic acids is 2. The zero-order valence-electron chi connectivity index (χ0n) is 15.1. The number of piperazine rings is 1. The van der Waals surface area contributed by atoms with Crippen LogP contribution in [0, 0.1) is 5.82 Å². The van der Waals surface area contributed by atoms with Gasteiger partial charge in [0.2, 0.25) is 0 Å². The minimum absolute atomic E-state index is 0.00920. The van der Waals surface area contributed by atoms with Crippen molar-refractivity contribution < 1.29 is 14.0 Å². The van der Waals surface area contributed by atoms with Crippen molar-refractivity contribution in [3.63, 3.8) is 0 Å². The normalized spacial score (nSPS) is 18.6. The van der Waals surface area contributed by atoms with E-state index in [1.165, 1.54) is 18.2 Å². The van der Waals surface area contributed by atoms with E-state index >= 15 is 0 Å². The van der Waals surface area contributed by atoms with Crippen LogP contribution in [0.25, 0.3) is 5.57 Å². The molecule has 0 atom stereocenters. The monoisotopic (exact) mass is 365 g/mol. The molecule has 2 amide bonds. The SMILES string of the molecule is CN1CCN(C2=C(c3ccccc3)C(=O)N(c3ccccc3F)C2=O)CC1. The van der Waals surface area contributed by atoms with Crippen LogP contribution in [-0.2, 0) is 9.59 Å². The summed E-state index contributed by atoms with van der Waals surface area (Å²) in [5.41, 5.74) is 1.37. The first-order valence-electron chi connectivity index (χ1n) is 8.94. The fourth-order valence-electron chi connectivity index (χ4n) is 3.56. The Hall–Kier alpha value is -2.99. The zero-order chi connectivity index (χ0) is 19.0.